The summed E-state index contributed by atoms with van der Waals surface area (Å²) in [6.07, 6.45) is 2.38. The standard InChI is InChI=1S/C10H13Br/c1-3-5-9-7-4-6-8(2)10(9)11/h4,6-7H,3,5H2,1-2H3. The van der Waals surface area contributed by atoms with E-state index in [-0.39, 0.29) is 0 Å². The normalized spacial score (nSPS) is 10.1. The van der Waals surface area contributed by atoms with Crippen LogP contribution in [-0.4, -0.2) is 0 Å². The summed E-state index contributed by atoms with van der Waals surface area (Å²) in [4.78, 5) is 0. The monoisotopic (exact) mass is 212 g/mol. The van der Waals surface area contributed by atoms with E-state index in [0.717, 1.165) is 0 Å². The number of benzene rings is 1. The average Bonchev–Trinajstić information content (AvgIpc) is 1.99. The van der Waals surface area contributed by atoms with Crippen LogP contribution in [0.2, 0.25) is 0 Å². The molecule has 0 aromatic heterocycles. The molecule has 11 heavy (non-hydrogen) atoms. The molecule has 0 bridgehead atoms. The van der Waals surface area contributed by atoms with Gasteiger partial charge in [-0.05, 0) is 24.5 Å². The molecule has 0 fully saturated rings. The van der Waals surface area contributed by atoms with Crippen molar-refractivity contribution in [1.29, 1.82) is 0 Å². The van der Waals surface area contributed by atoms with Crippen LogP contribution in [0.4, 0.5) is 0 Å². The van der Waals surface area contributed by atoms with Crippen LogP contribution in [0, 0.1) is 6.92 Å². The highest BCUT2D eigenvalue weighted by atomic mass is 79.9. The Bertz CT molecular complexity index is 241. The average molecular weight is 213 g/mol. The lowest BCUT2D eigenvalue weighted by molar-refractivity contribution is 0.915. The highest BCUT2D eigenvalue weighted by Gasteiger charge is 1.99. The Morgan fingerprint density at radius 1 is 1.36 bits per heavy atom. The van der Waals surface area contributed by atoms with Gasteiger partial charge in [-0.1, -0.05) is 47.5 Å². The van der Waals surface area contributed by atoms with Crippen LogP contribution in [0.3, 0.4) is 0 Å². The molecule has 0 radical (unpaired) electrons. The zero-order valence-electron chi connectivity index (χ0n) is 7.02. The number of aryl methyl sites for hydroxylation is 2. The minimum absolute atomic E-state index is 1.17. The van der Waals surface area contributed by atoms with Gasteiger partial charge >= 0.3 is 0 Å². The van der Waals surface area contributed by atoms with E-state index in [1.165, 1.54) is 28.4 Å². The van der Waals surface area contributed by atoms with Crippen molar-refractivity contribution in [3.05, 3.63) is 33.8 Å². The van der Waals surface area contributed by atoms with Crippen molar-refractivity contribution in [1.82, 2.24) is 0 Å². The Kier molecular flexibility index (Phi) is 3.13. The molecule has 0 aliphatic rings. The first-order valence-electron chi connectivity index (χ1n) is 3.99. The fraction of sp³-hybridized carbons (Fsp3) is 0.400. The summed E-state index contributed by atoms with van der Waals surface area (Å²) in [6, 6.07) is 6.43. The van der Waals surface area contributed by atoms with Crippen LogP contribution in [0.25, 0.3) is 0 Å². The Morgan fingerprint density at radius 2 is 2.09 bits per heavy atom. The fourth-order valence-corrected chi connectivity index (χ4v) is 1.63. The first-order valence-corrected chi connectivity index (χ1v) is 4.79. The Morgan fingerprint density at radius 3 is 2.73 bits per heavy atom. The molecule has 0 nitrogen and oxygen atoms in total. The Labute approximate surface area is 76.8 Å². The van der Waals surface area contributed by atoms with Gasteiger partial charge < -0.3 is 0 Å². The van der Waals surface area contributed by atoms with Crippen LogP contribution in [0.5, 0.6) is 0 Å². The van der Waals surface area contributed by atoms with Crippen LogP contribution in [0.1, 0.15) is 24.5 Å². The summed E-state index contributed by atoms with van der Waals surface area (Å²) in [5.41, 5.74) is 2.75. The lowest BCUT2D eigenvalue weighted by Gasteiger charge is -2.04. The lowest BCUT2D eigenvalue weighted by atomic mass is 10.1. The van der Waals surface area contributed by atoms with Gasteiger partial charge in [-0.3, -0.25) is 0 Å². The summed E-state index contributed by atoms with van der Waals surface area (Å²) in [5.74, 6) is 0. The molecule has 0 heterocycles. The molecule has 0 aliphatic carbocycles. The summed E-state index contributed by atoms with van der Waals surface area (Å²) < 4.78 is 1.28. The van der Waals surface area contributed by atoms with Crippen molar-refractivity contribution in [3.63, 3.8) is 0 Å². The maximum Gasteiger partial charge on any atom is 0.0236 e. The van der Waals surface area contributed by atoms with Crippen molar-refractivity contribution in [2.75, 3.05) is 0 Å². The number of hydrogen-bond donors (Lipinski definition) is 0. The molecule has 1 heteroatoms. The molecule has 0 aliphatic heterocycles. The molecule has 0 unspecified atom stereocenters. The van der Waals surface area contributed by atoms with Gasteiger partial charge in [0.15, 0.2) is 0 Å². The number of hydrogen-bond acceptors (Lipinski definition) is 0. The number of halogens is 1. The van der Waals surface area contributed by atoms with Gasteiger partial charge in [0.05, 0.1) is 0 Å². The van der Waals surface area contributed by atoms with Gasteiger partial charge in [-0.25, -0.2) is 0 Å². The molecule has 1 aromatic carbocycles. The quantitative estimate of drug-likeness (QED) is 0.702. The third kappa shape index (κ3) is 2.06. The lowest BCUT2D eigenvalue weighted by Crippen LogP contribution is -1.86. The molecule has 0 N–H and O–H groups in total. The predicted octanol–water partition coefficient (Wildman–Crippen LogP) is 3.71. The van der Waals surface area contributed by atoms with E-state index in [9.17, 15) is 0 Å². The number of rotatable bonds is 2. The van der Waals surface area contributed by atoms with Crippen molar-refractivity contribution in [2.24, 2.45) is 0 Å². The van der Waals surface area contributed by atoms with Gasteiger partial charge in [0, 0.05) is 4.47 Å². The predicted molar refractivity (Wildman–Crippen MR) is 52.9 cm³/mol. The molecule has 0 saturated carbocycles. The summed E-state index contributed by atoms with van der Waals surface area (Å²) in [5, 5.41) is 0. The maximum absolute atomic E-state index is 3.58. The third-order valence-corrected chi connectivity index (χ3v) is 2.93. The Hall–Kier alpha value is -0.300. The van der Waals surface area contributed by atoms with Crippen molar-refractivity contribution < 1.29 is 0 Å². The molecule has 60 valence electrons. The first-order chi connectivity index (χ1) is 5.25. The molecular formula is C10H13Br. The van der Waals surface area contributed by atoms with E-state index in [1.54, 1.807) is 0 Å². The van der Waals surface area contributed by atoms with Crippen LogP contribution < -0.4 is 0 Å². The maximum atomic E-state index is 3.58. The minimum Gasteiger partial charge on any atom is -0.0651 e. The highest BCUT2D eigenvalue weighted by Crippen LogP contribution is 2.21. The molecule has 1 rings (SSSR count). The third-order valence-electron chi connectivity index (χ3n) is 1.79. The SMILES string of the molecule is CCCc1cccc(C)c1Br. The van der Waals surface area contributed by atoms with Gasteiger partial charge in [-0.15, -0.1) is 0 Å². The first kappa shape index (κ1) is 8.79. The van der Waals surface area contributed by atoms with Crippen molar-refractivity contribution >= 4 is 15.9 Å². The van der Waals surface area contributed by atoms with Crippen molar-refractivity contribution in [3.8, 4) is 0 Å². The summed E-state index contributed by atoms with van der Waals surface area (Å²) in [6.45, 7) is 4.33. The molecular weight excluding hydrogens is 200 g/mol. The molecule has 0 spiro atoms. The van der Waals surface area contributed by atoms with E-state index < -0.39 is 0 Å². The summed E-state index contributed by atoms with van der Waals surface area (Å²) >= 11 is 3.58. The second-order valence-electron chi connectivity index (χ2n) is 2.80. The van der Waals surface area contributed by atoms with E-state index in [1.807, 2.05) is 0 Å². The minimum atomic E-state index is 1.17. The van der Waals surface area contributed by atoms with E-state index >= 15 is 0 Å². The topological polar surface area (TPSA) is 0 Å². The second kappa shape index (κ2) is 3.91. The van der Waals surface area contributed by atoms with Crippen LogP contribution >= 0.6 is 15.9 Å². The molecule has 0 amide bonds. The van der Waals surface area contributed by atoms with Crippen molar-refractivity contribution in [2.45, 2.75) is 26.7 Å². The molecule has 1 aromatic rings. The zero-order chi connectivity index (χ0) is 8.27. The van der Waals surface area contributed by atoms with E-state index in [0.29, 0.717) is 0 Å². The fourth-order valence-electron chi connectivity index (χ4n) is 1.17. The van der Waals surface area contributed by atoms with Gasteiger partial charge in [0.1, 0.15) is 0 Å². The van der Waals surface area contributed by atoms with Crippen LogP contribution in [0.15, 0.2) is 22.7 Å². The Balaban J connectivity index is 2.96. The van der Waals surface area contributed by atoms with E-state index in [2.05, 4.69) is 48.0 Å². The van der Waals surface area contributed by atoms with Gasteiger partial charge in [0.2, 0.25) is 0 Å². The smallest absolute Gasteiger partial charge is 0.0236 e. The van der Waals surface area contributed by atoms with E-state index in [4.69, 9.17) is 0 Å². The van der Waals surface area contributed by atoms with Gasteiger partial charge in [-0.2, -0.15) is 0 Å². The van der Waals surface area contributed by atoms with Crippen LogP contribution in [-0.2, 0) is 6.42 Å². The van der Waals surface area contributed by atoms with Gasteiger partial charge in [0.25, 0.3) is 0 Å². The second-order valence-corrected chi connectivity index (χ2v) is 3.59. The molecule has 0 saturated heterocycles. The zero-order valence-corrected chi connectivity index (χ0v) is 8.61. The molecule has 0 atom stereocenters. The highest BCUT2D eigenvalue weighted by molar-refractivity contribution is 9.10. The largest absolute Gasteiger partial charge is 0.0651 e. The summed E-state index contributed by atoms with van der Waals surface area (Å²) in [7, 11) is 0.